The molecule has 0 amide bonds. The van der Waals surface area contributed by atoms with Gasteiger partial charge in [-0.05, 0) is 25.2 Å². The van der Waals surface area contributed by atoms with Crippen LogP contribution in [-0.4, -0.2) is 87.5 Å². The molecule has 4 rings (SSSR count). The molecule has 6 nitrogen and oxygen atoms in total. The van der Waals surface area contributed by atoms with Crippen molar-refractivity contribution >= 4 is 29.9 Å². The number of halogens is 1. The molecule has 0 aromatic heterocycles. The molecule has 3 aliphatic heterocycles. The van der Waals surface area contributed by atoms with Crippen LogP contribution in [0.2, 0.25) is 0 Å². The van der Waals surface area contributed by atoms with Gasteiger partial charge in [0, 0.05) is 70.4 Å². The van der Waals surface area contributed by atoms with Crippen LogP contribution in [-0.2, 0) is 9.47 Å². The summed E-state index contributed by atoms with van der Waals surface area (Å²) < 4.78 is 11.6. The molecule has 7 heteroatoms. The molecule has 0 radical (unpaired) electrons. The van der Waals surface area contributed by atoms with Gasteiger partial charge >= 0.3 is 0 Å². The fraction of sp³-hybridized carbons (Fsp3) is 0.950. The van der Waals surface area contributed by atoms with Gasteiger partial charge in [-0.1, -0.05) is 13.8 Å². The first kappa shape index (κ1) is 21.6. The van der Waals surface area contributed by atoms with Crippen LogP contribution in [0.1, 0.15) is 33.1 Å². The van der Waals surface area contributed by atoms with Gasteiger partial charge in [-0.3, -0.25) is 9.89 Å². The lowest BCUT2D eigenvalue weighted by molar-refractivity contribution is -0.188. The Hall–Kier alpha value is -0.120. The smallest absolute Gasteiger partial charge is 0.193 e. The first-order chi connectivity index (χ1) is 12.6. The van der Waals surface area contributed by atoms with Crippen molar-refractivity contribution < 1.29 is 9.47 Å². The van der Waals surface area contributed by atoms with E-state index in [0.29, 0.717) is 18.1 Å². The van der Waals surface area contributed by atoms with Crippen LogP contribution in [0.25, 0.3) is 0 Å². The summed E-state index contributed by atoms with van der Waals surface area (Å²) >= 11 is 0. The molecule has 4 aliphatic rings. The van der Waals surface area contributed by atoms with E-state index in [1.54, 1.807) is 0 Å². The lowest BCUT2D eigenvalue weighted by Gasteiger charge is -2.60. The second kappa shape index (κ2) is 9.13. The van der Waals surface area contributed by atoms with Gasteiger partial charge < -0.3 is 19.7 Å². The Morgan fingerprint density at radius 1 is 1.15 bits per heavy atom. The highest BCUT2D eigenvalue weighted by Gasteiger charge is 2.58. The summed E-state index contributed by atoms with van der Waals surface area (Å²) in [5, 5.41) is 3.81. The number of guanidine groups is 1. The zero-order valence-electron chi connectivity index (χ0n) is 17.2. The Morgan fingerprint density at radius 2 is 1.93 bits per heavy atom. The molecule has 27 heavy (non-hydrogen) atoms. The molecule has 3 heterocycles. The van der Waals surface area contributed by atoms with Crippen molar-refractivity contribution in [3.8, 4) is 0 Å². The highest BCUT2D eigenvalue weighted by atomic mass is 127. The minimum atomic E-state index is 0. The van der Waals surface area contributed by atoms with E-state index in [2.05, 4.69) is 34.0 Å². The fourth-order valence-corrected chi connectivity index (χ4v) is 5.49. The molecule has 0 aromatic rings. The molecule has 0 aromatic carbocycles. The number of nitrogens with one attached hydrogen (secondary N) is 1. The first-order valence-corrected chi connectivity index (χ1v) is 10.5. The number of hydrogen-bond acceptors (Lipinski definition) is 4. The van der Waals surface area contributed by atoms with Crippen LogP contribution in [0.5, 0.6) is 0 Å². The summed E-state index contributed by atoms with van der Waals surface area (Å²) in [6, 6.07) is 0.472. The molecule has 4 atom stereocenters. The average molecular weight is 492 g/mol. The molecular formula is C20H37IN4O2. The van der Waals surface area contributed by atoms with Crippen molar-refractivity contribution in [1.29, 1.82) is 0 Å². The maximum absolute atomic E-state index is 6.05. The van der Waals surface area contributed by atoms with Gasteiger partial charge in [-0.25, -0.2) is 0 Å². The van der Waals surface area contributed by atoms with E-state index in [4.69, 9.17) is 9.47 Å². The Kier molecular flexibility index (Phi) is 7.30. The van der Waals surface area contributed by atoms with Crippen LogP contribution in [0, 0.1) is 17.3 Å². The number of aliphatic imine (C=N–C) groups is 1. The Bertz CT molecular complexity index is 516. The van der Waals surface area contributed by atoms with Crippen molar-refractivity contribution in [1.82, 2.24) is 15.1 Å². The van der Waals surface area contributed by atoms with E-state index in [0.717, 1.165) is 57.9 Å². The van der Waals surface area contributed by atoms with Gasteiger partial charge in [0.15, 0.2) is 5.96 Å². The minimum absolute atomic E-state index is 0. The third-order valence-corrected chi connectivity index (χ3v) is 7.04. The van der Waals surface area contributed by atoms with E-state index in [-0.39, 0.29) is 29.4 Å². The zero-order valence-corrected chi connectivity index (χ0v) is 19.5. The van der Waals surface area contributed by atoms with Crippen LogP contribution in [0.4, 0.5) is 0 Å². The van der Waals surface area contributed by atoms with Crippen LogP contribution in [0.15, 0.2) is 4.99 Å². The number of hydrogen-bond donors (Lipinski definition) is 1. The summed E-state index contributed by atoms with van der Waals surface area (Å²) in [6.07, 6.45) is 4.11. The fourth-order valence-electron chi connectivity index (χ4n) is 5.49. The summed E-state index contributed by atoms with van der Waals surface area (Å²) in [7, 11) is 1.92. The standard InChI is InChI=1S/C20H36N4O2.HI/c1-20(2)17(16-5-4-11-26-18(16)20)22-19(21-3)24-9-7-23(8-10-24)13-15-6-12-25-14-15;/h15-18H,4-14H2,1-3H3,(H,21,22);1H. The lowest BCUT2D eigenvalue weighted by Crippen LogP contribution is -2.71. The van der Waals surface area contributed by atoms with Crippen molar-refractivity contribution in [3.05, 3.63) is 0 Å². The van der Waals surface area contributed by atoms with E-state index in [1.807, 2.05) is 7.05 Å². The number of ether oxygens (including phenoxy) is 2. The van der Waals surface area contributed by atoms with Gasteiger partial charge in [-0.15, -0.1) is 24.0 Å². The van der Waals surface area contributed by atoms with E-state index in [1.165, 1.54) is 25.8 Å². The summed E-state index contributed by atoms with van der Waals surface area (Å²) in [5.41, 5.74) is 0.186. The predicted molar refractivity (Wildman–Crippen MR) is 119 cm³/mol. The molecule has 156 valence electrons. The van der Waals surface area contributed by atoms with Gasteiger partial charge in [0.2, 0.25) is 0 Å². The minimum Gasteiger partial charge on any atom is -0.381 e. The summed E-state index contributed by atoms with van der Waals surface area (Å²) in [6.45, 7) is 13.1. The lowest BCUT2D eigenvalue weighted by atomic mass is 9.55. The normalized spacial score (nSPS) is 36.6. The number of nitrogens with zero attached hydrogens (tertiary/aromatic N) is 3. The SMILES string of the molecule is CN=C(NC1C2CCCOC2C1(C)C)N1CCN(CC2CCOC2)CC1.I. The molecule has 0 bridgehead atoms. The van der Waals surface area contributed by atoms with Crippen LogP contribution < -0.4 is 5.32 Å². The summed E-state index contributed by atoms with van der Waals surface area (Å²) in [5.74, 6) is 2.45. The quantitative estimate of drug-likeness (QED) is 0.372. The molecule has 1 aliphatic carbocycles. The van der Waals surface area contributed by atoms with E-state index >= 15 is 0 Å². The molecular weight excluding hydrogens is 455 g/mol. The van der Waals surface area contributed by atoms with Crippen molar-refractivity contribution in [2.45, 2.75) is 45.3 Å². The van der Waals surface area contributed by atoms with Crippen LogP contribution in [0.3, 0.4) is 0 Å². The largest absolute Gasteiger partial charge is 0.381 e. The van der Waals surface area contributed by atoms with Gasteiger partial charge in [-0.2, -0.15) is 0 Å². The highest BCUT2D eigenvalue weighted by Crippen LogP contribution is 2.51. The second-order valence-corrected chi connectivity index (χ2v) is 9.11. The number of rotatable bonds is 3. The topological polar surface area (TPSA) is 49.3 Å². The van der Waals surface area contributed by atoms with Gasteiger partial charge in [0.1, 0.15) is 0 Å². The van der Waals surface area contributed by atoms with Crippen LogP contribution >= 0.6 is 24.0 Å². The Labute approximate surface area is 181 Å². The Morgan fingerprint density at radius 3 is 2.59 bits per heavy atom. The van der Waals surface area contributed by atoms with E-state index in [9.17, 15) is 0 Å². The van der Waals surface area contributed by atoms with Crippen molar-refractivity contribution in [3.63, 3.8) is 0 Å². The average Bonchev–Trinajstić information content (AvgIpc) is 3.16. The maximum Gasteiger partial charge on any atom is 0.193 e. The van der Waals surface area contributed by atoms with Crippen molar-refractivity contribution in [2.75, 3.05) is 59.6 Å². The zero-order chi connectivity index (χ0) is 18.1. The molecule has 0 spiro atoms. The van der Waals surface area contributed by atoms with Gasteiger partial charge in [0.05, 0.1) is 12.7 Å². The predicted octanol–water partition coefficient (Wildman–Crippen LogP) is 2.04. The maximum atomic E-state index is 6.05. The molecule has 1 saturated carbocycles. The summed E-state index contributed by atoms with van der Waals surface area (Å²) in [4.78, 5) is 9.66. The van der Waals surface area contributed by atoms with E-state index < -0.39 is 0 Å². The number of fused-ring (bicyclic) bond motifs is 1. The first-order valence-electron chi connectivity index (χ1n) is 10.5. The Balaban J connectivity index is 0.00000210. The van der Waals surface area contributed by atoms with Gasteiger partial charge in [0.25, 0.3) is 0 Å². The molecule has 3 saturated heterocycles. The second-order valence-electron chi connectivity index (χ2n) is 9.11. The number of piperazine rings is 1. The van der Waals surface area contributed by atoms with Crippen molar-refractivity contribution in [2.24, 2.45) is 22.2 Å². The molecule has 1 N–H and O–H groups in total. The highest BCUT2D eigenvalue weighted by molar-refractivity contribution is 14.0. The molecule has 4 unspecified atom stereocenters. The monoisotopic (exact) mass is 492 g/mol. The third kappa shape index (κ3) is 4.41. The third-order valence-electron chi connectivity index (χ3n) is 7.04. The molecule has 4 fully saturated rings.